The second-order valence-electron chi connectivity index (χ2n) is 9.69. The van der Waals surface area contributed by atoms with E-state index >= 15 is 0 Å². The normalized spacial score (nSPS) is 21.9. The molecule has 4 aliphatic rings. The number of hydrogen-bond acceptors (Lipinski definition) is 6. The molecule has 12 heteroatoms. The lowest BCUT2D eigenvalue weighted by molar-refractivity contribution is -0.0448. The maximum Gasteiger partial charge on any atom is 0.405 e. The lowest BCUT2D eigenvalue weighted by Crippen LogP contribution is -2.67. The number of amides is 1. The zero-order valence-electron chi connectivity index (χ0n) is 20.1. The maximum absolute atomic E-state index is 11.9. The molecule has 0 atom stereocenters. The molecule has 4 aliphatic carbocycles. The Morgan fingerprint density at radius 2 is 2.03 bits per heavy atom. The number of nitrogens with zero attached hydrogens (tertiary/aromatic N) is 6. The summed E-state index contributed by atoms with van der Waals surface area (Å²) in [5, 5.41) is 25.0. The second kappa shape index (κ2) is 9.96. The highest BCUT2D eigenvalue weighted by Gasteiger charge is 2.57. The number of nitrogens with one attached hydrogen (secondary N) is 3. The number of imidazole rings is 1. The molecule has 4 aromatic rings. The zero-order valence-corrected chi connectivity index (χ0v) is 20.1. The average molecular weight is 496 g/mol. The number of halogens is 1. The molecule has 0 saturated heterocycles. The van der Waals surface area contributed by atoms with Gasteiger partial charge in [-0.15, -0.1) is 0 Å². The third-order valence-electron chi connectivity index (χ3n) is 6.83. The van der Waals surface area contributed by atoms with Crippen molar-refractivity contribution in [2.45, 2.75) is 56.7 Å². The molecule has 0 aliphatic heterocycles. The van der Waals surface area contributed by atoms with Crippen molar-refractivity contribution in [1.82, 2.24) is 39.7 Å². The van der Waals surface area contributed by atoms with Crippen LogP contribution >= 0.6 is 0 Å². The average Bonchev–Trinajstić information content (AvgIpc) is 3.59. The molecular weight excluding hydrogens is 465 g/mol. The van der Waals surface area contributed by atoms with Crippen LogP contribution in [0.25, 0.3) is 16.9 Å². The number of fused-ring (bicyclic) bond motifs is 1. The van der Waals surface area contributed by atoms with Crippen LogP contribution in [0.4, 0.5) is 21.0 Å². The number of carboxylic acid groups (broad SMARTS) is 1. The first kappa shape index (κ1) is 23.8. The minimum absolute atomic E-state index is 0.0382. The largest absolute Gasteiger partial charge is 0.465 e. The number of rotatable bonds is 4. The molecule has 11 nitrogen and oxygen atoms in total. The molecule has 0 spiro atoms. The summed E-state index contributed by atoms with van der Waals surface area (Å²) in [5.74, 6) is 2.27. The van der Waals surface area contributed by atoms with Crippen molar-refractivity contribution >= 4 is 23.5 Å². The number of carbonyl (C=O) groups is 1. The Balaban J connectivity index is 0.000000145. The number of hydrogen-bond donors (Lipinski definition) is 4. The number of aromatic nitrogens is 7. The van der Waals surface area contributed by atoms with E-state index in [1.54, 1.807) is 23.3 Å². The number of anilines is 2. The van der Waals surface area contributed by atoms with Crippen molar-refractivity contribution in [2.75, 3.05) is 5.32 Å². The minimum atomic E-state index is -0.867. The smallest absolute Gasteiger partial charge is 0.405 e. The van der Waals surface area contributed by atoms with Crippen LogP contribution in [0.1, 0.15) is 44.9 Å². The van der Waals surface area contributed by atoms with Crippen LogP contribution in [0.5, 0.6) is 0 Å². The van der Waals surface area contributed by atoms with E-state index in [2.05, 4.69) is 35.9 Å². The SMILES string of the molecule is Cn1cc(-c2cc3nccn3c(Nc3ccn[nH]3)n2)cn1.FC1CCCC1.O=C(O)NC12CC(C1)C2. The molecule has 1 amide bonds. The first-order valence-electron chi connectivity index (χ1n) is 12.1. The van der Waals surface area contributed by atoms with E-state index in [9.17, 15) is 9.18 Å². The van der Waals surface area contributed by atoms with Gasteiger partial charge in [0.1, 0.15) is 17.6 Å². The first-order valence-corrected chi connectivity index (χ1v) is 12.1. The number of alkyl halides is 1. The lowest BCUT2D eigenvalue weighted by atomic mass is 9.50. The van der Waals surface area contributed by atoms with Gasteiger partial charge in [0.2, 0.25) is 5.95 Å². The van der Waals surface area contributed by atoms with Crippen molar-refractivity contribution in [3.63, 3.8) is 0 Å². The summed E-state index contributed by atoms with van der Waals surface area (Å²) in [5.41, 5.74) is 2.60. The molecule has 36 heavy (non-hydrogen) atoms. The molecule has 8 rings (SSSR count). The molecule has 0 unspecified atom stereocenters. The van der Waals surface area contributed by atoms with Crippen LogP contribution < -0.4 is 10.6 Å². The molecule has 4 saturated carbocycles. The third-order valence-corrected chi connectivity index (χ3v) is 6.83. The monoisotopic (exact) mass is 495 g/mol. The van der Waals surface area contributed by atoms with Gasteiger partial charge in [0.05, 0.1) is 18.1 Å². The summed E-state index contributed by atoms with van der Waals surface area (Å²) in [6.45, 7) is 0. The van der Waals surface area contributed by atoms with Gasteiger partial charge in [-0.05, 0) is 38.0 Å². The number of aromatic amines is 1. The molecule has 2 bridgehead atoms. The van der Waals surface area contributed by atoms with Crippen molar-refractivity contribution in [3.05, 3.63) is 43.1 Å². The Bertz CT molecular complexity index is 1290. The quantitative estimate of drug-likeness (QED) is 0.331. The van der Waals surface area contributed by atoms with Crippen LogP contribution in [0, 0.1) is 5.92 Å². The molecule has 0 aromatic carbocycles. The zero-order chi connectivity index (χ0) is 25.1. The molecule has 4 fully saturated rings. The van der Waals surface area contributed by atoms with Gasteiger partial charge in [0.25, 0.3) is 0 Å². The van der Waals surface area contributed by atoms with Gasteiger partial charge in [0, 0.05) is 48.9 Å². The fourth-order valence-electron chi connectivity index (χ4n) is 4.89. The van der Waals surface area contributed by atoms with Crippen molar-refractivity contribution in [1.29, 1.82) is 0 Å². The molecule has 0 radical (unpaired) electrons. The molecule has 4 aromatic heterocycles. The van der Waals surface area contributed by atoms with Crippen molar-refractivity contribution in [2.24, 2.45) is 13.0 Å². The summed E-state index contributed by atoms with van der Waals surface area (Å²) in [6.07, 6.45) is 14.8. The summed E-state index contributed by atoms with van der Waals surface area (Å²) in [4.78, 5) is 19.1. The Morgan fingerprint density at radius 3 is 2.53 bits per heavy atom. The fraction of sp³-hybridized carbons (Fsp3) is 0.458. The third kappa shape index (κ3) is 5.31. The van der Waals surface area contributed by atoms with E-state index in [0.29, 0.717) is 5.95 Å². The Labute approximate surface area is 207 Å². The topological polar surface area (TPSA) is 138 Å². The van der Waals surface area contributed by atoms with Gasteiger partial charge in [-0.1, -0.05) is 12.8 Å². The van der Waals surface area contributed by atoms with Crippen LogP contribution in [-0.4, -0.2) is 57.3 Å². The summed E-state index contributed by atoms with van der Waals surface area (Å²) in [6, 6.07) is 3.76. The number of H-pyrrole nitrogens is 1. The van der Waals surface area contributed by atoms with Gasteiger partial charge in [-0.3, -0.25) is 14.2 Å². The second-order valence-corrected chi connectivity index (χ2v) is 9.69. The molecule has 190 valence electrons. The Kier molecular flexibility index (Phi) is 6.57. The molecule has 4 heterocycles. The van der Waals surface area contributed by atoms with E-state index in [1.165, 1.54) is 0 Å². The fourth-order valence-corrected chi connectivity index (χ4v) is 4.89. The molecule has 4 N–H and O–H groups in total. The van der Waals surface area contributed by atoms with E-state index in [4.69, 9.17) is 5.11 Å². The summed E-state index contributed by atoms with van der Waals surface area (Å²) < 4.78 is 15.5. The molecular formula is C24H30FN9O2. The predicted octanol–water partition coefficient (Wildman–Crippen LogP) is 4.30. The van der Waals surface area contributed by atoms with E-state index in [1.807, 2.05) is 36.0 Å². The van der Waals surface area contributed by atoms with E-state index in [0.717, 1.165) is 73.6 Å². The van der Waals surface area contributed by atoms with Gasteiger partial charge >= 0.3 is 6.09 Å². The lowest BCUT2D eigenvalue weighted by Gasteiger charge is -2.61. The van der Waals surface area contributed by atoms with Crippen LogP contribution in [0.3, 0.4) is 0 Å². The Hall–Kier alpha value is -3.96. The van der Waals surface area contributed by atoms with E-state index in [-0.39, 0.29) is 5.54 Å². The minimum Gasteiger partial charge on any atom is -0.465 e. The highest BCUT2D eigenvalue weighted by molar-refractivity contribution is 5.67. The standard InChI is InChI=1S/C13H12N8.C6H9NO2.C5H9F/c1-20-8-9(7-16-20)10-6-12-14-4-5-21(12)13(17-10)18-11-2-3-15-19-11;8-5(9)7-6-1-4(2-6)3-6;6-5-3-1-2-4-5/h2-8H,1H3,(H2,15,17,18,19);4,7H,1-3H2,(H,8,9);5H,1-4H2. The van der Waals surface area contributed by atoms with Gasteiger partial charge in [-0.25, -0.2) is 19.2 Å². The highest BCUT2D eigenvalue weighted by atomic mass is 19.1. The highest BCUT2D eigenvalue weighted by Crippen LogP contribution is 2.56. The van der Waals surface area contributed by atoms with Crippen LogP contribution in [-0.2, 0) is 7.05 Å². The van der Waals surface area contributed by atoms with Gasteiger partial charge < -0.3 is 15.7 Å². The van der Waals surface area contributed by atoms with Gasteiger partial charge in [-0.2, -0.15) is 10.2 Å². The van der Waals surface area contributed by atoms with Crippen LogP contribution in [0.15, 0.2) is 43.1 Å². The van der Waals surface area contributed by atoms with Crippen molar-refractivity contribution in [3.8, 4) is 11.3 Å². The predicted molar refractivity (Wildman–Crippen MR) is 132 cm³/mol. The Morgan fingerprint density at radius 1 is 1.25 bits per heavy atom. The van der Waals surface area contributed by atoms with Crippen molar-refractivity contribution < 1.29 is 14.3 Å². The van der Waals surface area contributed by atoms with E-state index < -0.39 is 12.3 Å². The maximum atomic E-state index is 11.9. The number of aryl methyl sites for hydroxylation is 1. The summed E-state index contributed by atoms with van der Waals surface area (Å²) >= 11 is 0. The summed E-state index contributed by atoms with van der Waals surface area (Å²) in [7, 11) is 1.88. The first-order chi connectivity index (χ1) is 17.4. The van der Waals surface area contributed by atoms with Crippen LogP contribution in [0.2, 0.25) is 0 Å². The van der Waals surface area contributed by atoms with Gasteiger partial charge in [0.15, 0.2) is 0 Å².